The summed E-state index contributed by atoms with van der Waals surface area (Å²) in [7, 11) is 1.46. The molecule has 1 atom stereocenters. The van der Waals surface area contributed by atoms with Gasteiger partial charge in [0.2, 0.25) is 0 Å². The van der Waals surface area contributed by atoms with Gasteiger partial charge in [0.1, 0.15) is 0 Å². The molecule has 0 aliphatic heterocycles. The Labute approximate surface area is 48.3 Å². The Kier molecular flexibility index (Phi) is 3.19. The monoisotopic (exact) mass is 117 g/mol. The predicted octanol–water partition coefficient (Wildman–Crippen LogP) is 0.226. The Morgan fingerprint density at radius 1 is 1.75 bits per heavy atom. The fourth-order valence-electron chi connectivity index (χ4n) is 0.318. The quantitative estimate of drug-likeness (QED) is 0.531. The van der Waals surface area contributed by atoms with Crippen molar-refractivity contribution in [3.63, 3.8) is 0 Å². The van der Waals surface area contributed by atoms with Crippen LogP contribution < -0.4 is 0 Å². The van der Waals surface area contributed by atoms with Crippen LogP contribution in [0.1, 0.15) is 6.92 Å². The molecular weight excluding hydrogens is 108 g/mol. The van der Waals surface area contributed by atoms with Crippen LogP contribution in [0.25, 0.3) is 0 Å². The SMILES string of the molecule is COCC(C)C([O])=O. The van der Waals surface area contributed by atoms with Gasteiger partial charge >= 0.3 is 5.97 Å². The van der Waals surface area contributed by atoms with E-state index in [1.54, 1.807) is 6.92 Å². The molecule has 0 amide bonds. The van der Waals surface area contributed by atoms with E-state index in [-0.39, 0.29) is 6.61 Å². The molecule has 3 heteroatoms. The average molecular weight is 117 g/mol. The number of carbonyl (C=O) groups excluding carboxylic acids is 1. The Morgan fingerprint density at radius 2 is 2.25 bits per heavy atom. The molecule has 0 N–H and O–H groups in total. The van der Waals surface area contributed by atoms with Gasteiger partial charge in [0.05, 0.1) is 12.5 Å². The summed E-state index contributed by atoms with van der Waals surface area (Å²) in [5, 5.41) is 9.90. The number of hydrogen-bond donors (Lipinski definition) is 0. The van der Waals surface area contributed by atoms with E-state index < -0.39 is 11.9 Å². The highest BCUT2D eigenvalue weighted by Gasteiger charge is 2.10. The predicted molar refractivity (Wildman–Crippen MR) is 26.7 cm³/mol. The van der Waals surface area contributed by atoms with Crippen molar-refractivity contribution in [3.8, 4) is 0 Å². The number of carbonyl (C=O) groups is 1. The highest BCUT2D eigenvalue weighted by Crippen LogP contribution is 1.93. The van der Waals surface area contributed by atoms with Gasteiger partial charge in [-0.3, -0.25) is 0 Å². The van der Waals surface area contributed by atoms with Gasteiger partial charge in [-0.05, 0) is 6.92 Å². The van der Waals surface area contributed by atoms with Gasteiger partial charge in [0, 0.05) is 7.11 Å². The minimum Gasteiger partial charge on any atom is -0.384 e. The summed E-state index contributed by atoms with van der Waals surface area (Å²) in [6.07, 6.45) is 0. The van der Waals surface area contributed by atoms with Crippen LogP contribution in [0, 0.1) is 5.92 Å². The van der Waals surface area contributed by atoms with Crippen molar-refractivity contribution in [2.75, 3.05) is 13.7 Å². The molecule has 0 aromatic rings. The van der Waals surface area contributed by atoms with Crippen LogP contribution in [0.5, 0.6) is 0 Å². The first-order valence-corrected chi connectivity index (χ1v) is 2.38. The van der Waals surface area contributed by atoms with E-state index in [9.17, 15) is 9.90 Å². The Bertz CT molecular complexity index is 79.7. The first-order chi connectivity index (χ1) is 3.68. The standard InChI is InChI=1S/C5H9O3/c1-4(3-8-2)5(6)7/h4H,3H2,1-2H3. The normalized spacial score (nSPS) is 13.2. The first-order valence-electron chi connectivity index (χ1n) is 2.38. The molecule has 0 fully saturated rings. The molecule has 0 bridgehead atoms. The largest absolute Gasteiger partial charge is 0.384 e. The summed E-state index contributed by atoms with van der Waals surface area (Å²) in [6.45, 7) is 1.77. The van der Waals surface area contributed by atoms with Crippen molar-refractivity contribution in [2.24, 2.45) is 5.92 Å². The number of rotatable bonds is 3. The lowest BCUT2D eigenvalue weighted by atomic mass is 10.2. The van der Waals surface area contributed by atoms with E-state index in [1.165, 1.54) is 7.11 Å². The van der Waals surface area contributed by atoms with E-state index in [0.29, 0.717) is 0 Å². The maximum Gasteiger partial charge on any atom is 0.360 e. The fourth-order valence-corrected chi connectivity index (χ4v) is 0.318. The third-order valence-corrected chi connectivity index (χ3v) is 0.819. The summed E-state index contributed by atoms with van der Waals surface area (Å²) in [4.78, 5) is 9.90. The summed E-state index contributed by atoms with van der Waals surface area (Å²) in [5.41, 5.74) is 0. The minimum atomic E-state index is -1.06. The molecule has 1 unspecified atom stereocenters. The Hall–Kier alpha value is -0.570. The topological polar surface area (TPSA) is 46.2 Å². The minimum absolute atomic E-state index is 0.225. The second kappa shape index (κ2) is 3.43. The molecule has 47 valence electrons. The van der Waals surface area contributed by atoms with E-state index in [2.05, 4.69) is 4.74 Å². The summed E-state index contributed by atoms with van der Waals surface area (Å²) < 4.78 is 4.54. The third-order valence-electron chi connectivity index (χ3n) is 0.819. The molecule has 0 spiro atoms. The van der Waals surface area contributed by atoms with Crippen molar-refractivity contribution in [2.45, 2.75) is 6.92 Å². The second-order valence-electron chi connectivity index (χ2n) is 1.68. The van der Waals surface area contributed by atoms with Crippen molar-refractivity contribution in [1.29, 1.82) is 0 Å². The van der Waals surface area contributed by atoms with Gasteiger partial charge in [-0.15, -0.1) is 0 Å². The van der Waals surface area contributed by atoms with Gasteiger partial charge in [-0.25, -0.2) is 9.90 Å². The van der Waals surface area contributed by atoms with Crippen LogP contribution in [0.2, 0.25) is 0 Å². The molecule has 0 saturated heterocycles. The number of hydrogen-bond acceptors (Lipinski definition) is 2. The van der Waals surface area contributed by atoms with Crippen LogP contribution >= 0.6 is 0 Å². The third kappa shape index (κ3) is 2.58. The Balaban J connectivity index is 3.32. The van der Waals surface area contributed by atoms with Crippen molar-refractivity contribution in [1.82, 2.24) is 0 Å². The van der Waals surface area contributed by atoms with Crippen LogP contribution in [0.3, 0.4) is 0 Å². The summed E-state index contributed by atoms with van der Waals surface area (Å²) >= 11 is 0. The van der Waals surface area contributed by atoms with E-state index >= 15 is 0 Å². The molecule has 0 saturated carbocycles. The number of ether oxygens (including phenoxy) is 1. The van der Waals surface area contributed by atoms with Crippen molar-refractivity contribution in [3.05, 3.63) is 0 Å². The number of methoxy groups -OCH3 is 1. The van der Waals surface area contributed by atoms with E-state index in [0.717, 1.165) is 0 Å². The second-order valence-corrected chi connectivity index (χ2v) is 1.68. The molecule has 1 radical (unpaired) electrons. The zero-order valence-corrected chi connectivity index (χ0v) is 5.01. The van der Waals surface area contributed by atoms with Crippen LogP contribution in [-0.4, -0.2) is 19.7 Å². The lowest BCUT2D eigenvalue weighted by molar-refractivity contribution is -0.149. The highest BCUT2D eigenvalue weighted by molar-refractivity contribution is 5.69. The molecule has 0 aromatic heterocycles. The van der Waals surface area contributed by atoms with Gasteiger partial charge in [0.15, 0.2) is 0 Å². The fraction of sp³-hybridized carbons (Fsp3) is 0.800. The lowest BCUT2D eigenvalue weighted by Gasteiger charge is -1.98. The van der Waals surface area contributed by atoms with E-state index in [4.69, 9.17) is 0 Å². The van der Waals surface area contributed by atoms with Crippen LogP contribution in [-0.2, 0) is 14.6 Å². The van der Waals surface area contributed by atoms with Gasteiger partial charge < -0.3 is 4.74 Å². The molecule has 0 aromatic carbocycles. The maximum atomic E-state index is 9.90. The first kappa shape index (κ1) is 7.43. The zero-order chi connectivity index (χ0) is 6.57. The molecule has 0 heterocycles. The summed E-state index contributed by atoms with van der Waals surface area (Å²) in [6, 6.07) is 0. The Morgan fingerprint density at radius 3 is 2.38 bits per heavy atom. The molecular formula is C5H9O3. The molecule has 8 heavy (non-hydrogen) atoms. The van der Waals surface area contributed by atoms with Crippen molar-refractivity contribution >= 4 is 5.97 Å². The molecule has 0 aliphatic rings. The van der Waals surface area contributed by atoms with Crippen molar-refractivity contribution < 1.29 is 14.6 Å². The molecule has 3 nitrogen and oxygen atoms in total. The van der Waals surface area contributed by atoms with E-state index in [1.807, 2.05) is 0 Å². The highest BCUT2D eigenvalue weighted by atomic mass is 16.5. The van der Waals surface area contributed by atoms with Gasteiger partial charge in [-0.2, -0.15) is 0 Å². The van der Waals surface area contributed by atoms with Gasteiger partial charge in [-0.1, -0.05) is 0 Å². The average Bonchev–Trinajstić information content (AvgIpc) is 1.67. The molecule has 0 aliphatic carbocycles. The van der Waals surface area contributed by atoms with Crippen LogP contribution in [0.4, 0.5) is 0 Å². The van der Waals surface area contributed by atoms with Crippen LogP contribution in [0.15, 0.2) is 0 Å². The molecule has 0 rings (SSSR count). The summed E-state index contributed by atoms with van der Waals surface area (Å²) in [5.74, 6) is -1.56. The smallest absolute Gasteiger partial charge is 0.360 e. The lowest BCUT2D eigenvalue weighted by Crippen LogP contribution is -2.13. The van der Waals surface area contributed by atoms with Gasteiger partial charge in [0.25, 0.3) is 0 Å². The zero-order valence-electron chi connectivity index (χ0n) is 5.01. The maximum absolute atomic E-state index is 9.90.